The van der Waals surface area contributed by atoms with E-state index < -0.39 is 0 Å². The Morgan fingerprint density at radius 3 is 2.27 bits per heavy atom. The third-order valence-corrected chi connectivity index (χ3v) is 4.22. The molecule has 0 spiro atoms. The van der Waals surface area contributed by atoms with E-state index in [4.69, 9.17) is 21.7 Å². The standard InChI is InChI=1S/C13H20N4O3S2/c1-5-17(6-2)13(21)22-8-9(18)14-12-15-10(19-3)7-11(16-12)20-4/h7H,5-6,8H2,1-4H3,(H,14,15,16,18). The average molecular weight is 344 g/mol. The molecule has 0 unspecified atom stereocenters. The van der Waals surface area contributed by atoms with Crippen molar-refractivity contribution in [3.63, 3.8) is 0 Å². The summed E-state index contributed by atoms with van der Waals surface area (Å²) in [6.45, 7) is 5.68. The SMILES string of the molecule is CCN(CC)C(=S)SCC(=O)Nc1nc(OC)cc(OC)n1. The minimum atomic E-state index is -0.241. The van der Waals surface area contributed by atoms with Gasteiger partial charge in [0.1, 0.15) is 4.32 Å². The number of thiocarbonyl (C=S) groups is 1. The zero-order chi connectivity index (χ0) is 16.5. The minimum absolute atomic E-state index is 0.135. The fourth-order valence-corrected chi connectivity index (χ4v) is 2.73. The van der Waals surface area contributed by atoms with Crippen LogP contribution in [0.5, 0.6) is 11.8 Å². The number of ether oxygens (including phenoxy) is 2. The summed E-state index contributed by atoms with van der Waals surface area (Å²) < 4.78 is 10.7. The molecule has 0 aromatic carbocycles. The van der Waals surface area contributed by atoms with Crippen molar-refractivity contribution in [3.8, 4) is 11.8 Å². The predicted molar refractivity (Wildman–Crippen MR) is 91.7 cm³/mol. The Hall–Kier alpha value is -1.61. The van der Waals surface area contributed by atoms with Crippen LogP contribution in [0.4, 0.5) is 5.95 Å². The first-order chi connectivity index (χ1) is 10.5. The third-order valence-electron chi connectivity index (χ3n) is 2.70. The number of nitrogens with one attached hydrogen (secondary N) is 1. The number of carbonyl (C=O) groups is 1. The Morgan fingerprint density at radius 2 is 1.82 bits per heavy atom. The summed E-state index contributed by atoms with van der Waals surface area (Å²) in [5.74, 6) is 0.713. The van der Waals surface area contributed by atoms with Gasteiger partial charge in [-0.3, -0.25) is 10.1 Å². The Bertz CT molecular complexity index is 502. The smallest absolute Gasteiger partial charge is 0.237 e. The van der Waals surface area contributed by atoms with Gasteiger partial charge in [-0.25, -0.2) is 0 Å². The van der Waals surface area contributed by atoms with E-state index in [2.05, 4.69) is 15.3 Å². The van der Waals surface area contributed by atoms with Crippen molar-refractivity contribution in [2.45, 2.75) is 13.8 Å². The van der Waals surface area contributed by atoms with Gasteiger partial charge in [-0.05, 0) is 13.8 Å². The van der Waals surface area contributed by atoms with E-state index in [9.17, 15) is 4.79 Å². The summed E-state index contributed by atoms with van der Waals surface area (Å²) in [5.41, 5.74) is 0. The van der Waals surface area contributed by atoms with Crippen LogP contribution in [0.3, 0.4) is 0 Å². The molecule has 9 heteroatoms. The number of amides is 1. The molecule has 1 amide bonds. The van der Waals surface area contributed by atoms with Crippen LogP contribution in [0.15, 0.2) is 6.07 Å². The molecule has 0 saturated carbocycles. The van der Waals surface area contributed by atoms with Crippen LogP contribution in [0.1, 0.15) is 13.8 Å². The lowest BCUT2D eigenvalue weighted by Gasteiger charge is -2.20. The fraction of sp³-hybridized carbons (Fsp3) is 0.538. The molecule has 1 heterocycles. The predicted octanol–water partition coefficient (Wildman–Crippen LogP) is 1.79. The maximum absolute atomic E-state index is 11.9. The molecular weight excluding hydrogens is 324 g/mol. The monoisotopic (exact) mass is 344 g/mol. The first-order valence-corrected chi connectivity index (χ1v) is 8.12. The first kappa shape index (κ1) is 18.4. The first-order valence-electron chi connectivity index (χ1n) is 6.72. The van der Waals surface area contributed by atoms with E-state index in [1.54, 1.807) is 0 Å². The average Bonchev–Trinajstić information content (AvgIpc) is 2.53. The minimum Gasteiger partial charge on any atom is -0.481 e. The van der Waals surface area contributed by atoms with Gasteiger partial charge in [0, 0.05) is 13.1 Å². The zero-order valence-corrected chi connectivity index (χ0v) is 14.7. The maximum Gasteiger partial charge on any atom is 0.237 e. The second kappa shape index (κ2) is 9.42. The second-order valence-electron chi connectivity index (χ2n) is 4.05. The zero-order valence-electron chi connectivity index (χ0n) is 13.1. The van der Waals surface area contributed by atoms with Gasteiger partial charge in [-0.1, -0.05) is 24.0 Å². The van der Waals surface area contributed by atoms with Gasteiger partial charge in [-0.2, -0.15) is 9.97 Å². The molecule has 0 aliphatic rings. The van der Waals surface area contributed by atoms with Crippen LogP contribution in [0.25, 0.3) is 0 Å². The molecule has 7 nitrogen and oxygen atoms in total. The summed E-state index contributed by atoms with van der Waals surface area (Å²) in [4.78, 5) is 22.0. The van der Waals surface area contributed by atoms with Gasteiger partial charge in [0.2, 0.25) is 23.6 Å². The Morgan fingerprint density at radius 1 is 1.27 bits per heavy atom. The summed E-state index contributed by atoms with van der Waals surface area (Å²) in [6.07, 6.45) is 0. The summed E-state index contributed by atoms with van der Waals surface area (Å²) in [6, 6.07) is 1.53. The van der Waals surface area contributed by atoms with Crippen molar-refractivity contribution < 1.29 is 14.3 Å². The third kappa shape index (κ3) is 5.64. The van der Waals surface area contributed by atoms with Crippen molar-refractivity contribution in [3.05, 3.63) is 6.07 Å². The van der Waals surface area contributed by atoms with Crippen LogP contribution in [-0.2, 0) is 4.79 Å². The molecule has 1 rings (SSSR count). The lowest BCUT2D eigenvalue weighted by atomic mass is 10.6. The highest BCUT2D eigenvalue weighted by atomic mass is 32.2. The number of methoxy groups -OCH3 is 2. The van der Waals surface area contributed by atoms with E-state index >= 15 is 0 Å². The number of hydrogen-bond acceptors (Lipinski definition) is 7. The fourth-order valence-electron chi connectivity index (χ4n) is 1.53. The van der Waals surface area contributed by atoms with Crippen molar-refractivity contribution in [1.29, 1.82) is 0 Å². The molecule has 0 aliphatic heterocycles. The van der Waals surface area contributed by atoms with Gasteiger partial charge >= 0.3 is 0 Å². The highest BCUT2D eigenvalue weighted by Gasteiger charge is 2.12. The van der Waals surface area contributed by atoms with Crippen LogP contribution >= 0.6 is 24.0 Å². The number of aromatic nitrogens is 2. The number of nitrogens with zero attached hydrogens (tertiary/aromatic N) is 3. The Balaban J connectivity index is 2.60. The van der Waals surface area contributed by atoms with Crippen molar-refractivity contribution in [2.24, 2.45) is 0 Å². The molecule has 1 N–H and O–H groups in total. The molecule has 22 heavy (non-hydrogen) atoms. The topological polar surface area (TPSA) is 76.6 Å². The summed E-state index contributed by atoms with van der Waals surface area (Å²) in [5, 5.41) is 2.60. The highest BCUT2D eigenvalue weighted by Crippen LogP contribution is 2.17. The molecule has 0 saturated heterocycles. The van der Waals surface area contributed by atoms with E-state index in [1.807, 2.05) is 18.7 Å². The van der Waals surface area contributed by atoms with Crippen LogP contribution in [0, 0.1) is 0 Å². The highest BCUT2D eigenvalue weighted by molar-refractivity contribution is 8.23. The number of anilines is 1. The molecule has 0 atom stereocenters. The normalized spacial score (nSPS) is 10.0. The lowest BCUT2D eigenvalue weighted by molar-refractivity contribution is -0.113. The van der Waals surface area contributed by atoms with Crippen molar-refractivity contribution >= 4 is 40.2 Å². The number of carbonyl (C=O) groups excluding carboxylic acids is 1. The maximum atomic E-state index is 11.9. The van der Waals surface area contributed by atoms with E-state index in [0.29, 0.717) is 16.1 Å². The van der Waals surface area contributed by atoms with Crippen LogP contribution in [-0.4, -0.2) is 58.2 Å². The molecule has 0 radical (unpaired) electrons. The quantitative estimate of drug-likeness (QED) is 0.750. The molecule has 0 bridgehead atoms. The molecule has 122 valence electrons. The summed E-state index contributed by atoms with van der Waals surface area (Å²) in [7, 11) is 2.96. The molecule has 0 fully saturated rings. The number of thioether (sulfide) groups is 1. The molecule has 1 aromatic rings. The van der Waals surface area contributed by atoms with Crippen LogP contribution < -0.4 is 14.8 Å². The van der Waals surface area contributed by atoms with Gasteiger partial charge in [0.25, 0.3) is 0 Å². The number of rotatable bonds is 7. The second-order valence-corrected chi connectivity index (χ2v) is 5.66. The van der Waals surface area contributed by atoms with E-state index in [-0.39, 0.29) is 17.6 Å². The van der Waals surface area contributed by atoms with Gasteiger partial charge < -0.3 is 14.4 Å². The van der Waals surface area contributed by atoms with Crippen molar-refractivity contribution in [2.75, 3.05) is 38.4 Å². The van der Waals surface area contributed by atoms with Gasteiger partial charge in [-0.15, -0.1) is 0 Å². The molecule has 0 aliphatic carbocycles. The van der Waals surface area contributed by atoms with Crippen molar-refractivity contribution in [1.82, 2.24) is 14.9 Å². The summed E-state index contributed by atoms with van der Waals surface area (Å²) >= 11 is 6.58. The molecule has 1 aromatic heterocycles. The van der Waals surface area contributed by atoms with Gasteiger partial charge in [0.05, 0.1) is 26.0 Å². The van der Waals surface area contributed by atoms with E-state index in [1.165, 1.54) is 32.0 Å². The van der Waals surface area contributed by atoms with Crippen LogP contribution in [0.2, 0.25) is 0 Å². The number of hydrogen-bond donors (Lipinski definition) is 1. The largest absolute Gasteiger partial charge is 0.481 e. The van der Waals surface area contributed by atoms with Gasteiger partial charge in [0.15, 0.2) is 0 Å². The van der Waals surface area contributed by atoms with E-state index in [0.717, 1.165) is 13.1 Å². The Labute approximate surface area is 139 Å². The lowest BCUT2D eigenvalue weighted by Crippen LogP contribution is -2.28. The molecular formula is C13H20N4O3S2. The Kier molecular flexibility index (Phi) is 7.89.